The van der Waals surface area contributed by atoms with Crippen LogP contribution in [-0.2, 0) is 4.79 Å². The van der Waals surface area contributed by atoms with Gasteiger partial charge in [0, 0.05) is 18.0 Å². The van der Waals surface area contributed by atoms with Crippen LogP contribution in [0.2, 0.25) is 0 Å². The van der Waals surface area contributed by atoms with Gasteiger partial charge in [0.2, 0.25) is 5.91 Å². The number of para-hydroxylation sites is 1. The number of anilines is 2. The van der Waals surface area contributed by atoms with Gasteiger partial charge in [-0.1, -0.05) is 24.3 Å². The van der Waals surface area contributed by atoms with Crippen molar-refractivity contribution in [3.05, 3.63) is 72.2 Å². The molecule has 3 aromatic rings. The molecule has 2 aromatic carbocycles. The second kappa shape index (κ2) is 7.17. The number of halogens is 1. The molecule has 1 unspecified atom stereocenters. The summed E-state index contributed by atoms with van der Waals surface area (Å²) in [6.45, 7) is 3.40. The van der Waals surface area contributed by atoms with Crippen molar-refractivity contribution in [1.29, 1.82) is 0 Å². The Bertz CT molecular complexity index is 876. The monoisotopic (exact) mass is 338 g/mol. The average molecular weight is 338 g/mol. The summed E-state index contributed by atoms with van der Waals surface area (Å²) in [6.07, 6.45) is 1.82. The fourth-order valence-corrected chi connectivity index (χ4v) is 2.33. The second-order valence-electron chi connectivity index (χ2n) is 5.80. The molecule has 25 heavy (non-hydrogen) atoms. The van der Waals surface area contributed by atoms with E-state index in [-0.39, 0.29) is 11.7 Å². The molecule has 2 N–H and O–H groups in total. The van der Waals surface area contributed by atoms with Gasteiger partial charge in [0.25, 0.3) is 0 Å². The maximum atomic E-state index is 13.6. The number of benzene rings is 2. The molecular formula is C19H19FN4O. The van der Waals surface area contributed by atoms with Crippen LogP contribution in [0.15, 0.2) is 60.8 Å². The Morgan fingerprint density at radius 2 is 1.92 bits per heavy atom. The van der Waals surface area contributed by atoms with E-state index in [1.165, 1.54) is 6.07 Å². The van der Waals surface area contributed by atoms with E-state index >= 15 is 0 Å². The van der Waals surface area contributed by atoms with Crippen molar-refractivity contribution in [3.63, 3.8) is 0 Å². The number of carbonyl (C=O) groups excluding carboxylic acids is 1. The molecular weight excluding hydrogens is 319 g/mol. The molecule has 3 rings (SSSR count). The number of rotatable bonds is 5. The Morgan fingerprint density at radius 1 is 1.16 bits per heavy atom. The first kappa shape index (κ1) is 16.7. The van der Waals surface area contributed by atoms with Gasteiger partial charge in [-0.25, -0.2) is 9.07 Å². The molecule has 0 bridgehead atoms. The molecule has 1 heterocycles. The maximum Gasteiger partial charge on any atom is 0.246 e. The minimum Gasteiger partial charge on any atom is -0.357 e. The smallest absolute Gasteiger partial charge is 0.246 e. The summed E-state index contributed by atoms with van der Waals surface area (Å²) < 4.78 is 15.3. The minimum atomic E-state index is -0.525. The maximum absolute atomic E-state index is 13.6. The largest absolute Gasteiger partial charge is 0.357 e. The third-order valence-electron chi connectivity index (χ3n) is 3.81. The van der Waals surface area contributed by atoms with Gasteiger partial charge in [-0.2, -0.15) is 5.10 Å². The predicted molar refractivity (Wildman–Crippen MR) is 96.4 cm³/mol. The lowest BCUT2D eigenvalue weighted by Crippen LogP contribution is -2.32. The summed E-state index contributed by atoms with van der Waals surface area (Å²) >= 11 is 0. The van der Waals surface area contributed by atoms with Crippen molar-refractivity contribution in [1.82, 2.24) is 9.78 Å². The van der Waals surface area contributed by atoms with Crippen LogP contribution < -0.4 is 10.6 Å². The number of aryl methyl sites for hydroxylation is 1. The Labute approximate surface area is 145 Å². The van der Waals surface area contributed by atoms with Gasteiger partial charge in [0.1, 0.15) is 17.7 Å². The first-order valence-corrected chi connectivity index (χ1v) is 7.97. The summed E-state index contributed by atoms with van der Waals surface area (Å²) in [5.41, 5.74) is 1.90. The highest BCUT2D eigenvalue weighted by Crippen LogP contribution is 2.15. The van der Waals surface area contributed by atoms with Gasteiger partial charge < -0.3 is 10.6 Å². The van der Waals surface area contributed by atoms with Crippen LogP contribution in [0, 0.1) is 12.7 Å². The average Bonchev–Trinajstić information content (AvgIpc) is 3.07. The molecule has 0 radical (unpaired) electrons. The zero-order chi connectivity index (χ0) is 17.8. The molecule has 0 fully saturated rings. The number of carbonyl (C=O) groups is 1. The lowest BCUT2D eigenvalue weighted by molar-refractivity contribution is -0.116. The van der Waals surface area contributed by atoms with Crippen LogP contribution in [0.3, 0.4) is 0 Å². The molecule has 0 aliphatic carbocycles. The molecule has 0 aliphatic heterocycles. The topological polar surface area (TPSA) is 59.0 Å². The molecule has 1 aromatic heterocycles. The molecule has 128 valence electrons. The zero-order valence-corrected chi connectivity index (χ0v) is 14.0. The molecule has 0 saturated heterocycles. The summed E-state index contributed by atoms with van der Waals surface area (Å²) in [7, 11) is 0. The van der Waals surface area contributed by atoms with Crippen molar-refractivity contribution in [2.24, 2.45) is 0 Å². The van der Waals surface area contributed by atoms with Crippen LogP contribution in [0.4, 0.5) is 15.9 Å². The minimum absolute atomic E-state index is 0.266. The molecule has 1 amide bonds. The van der Waals surface area contributed by atoms with Crippen LogP contribution in [0.5, 0.6) is 0 Å². The first-order valence-electron chi connectivity index (χ1n) is 7.97. The number of hydrogen-bond donors (Lipinski definition) is 2. The van der Waals surface area contributed by atoms with Crippen molar-refractivity contribution in [3.8, 4) is 5.69 Å². The van der Waals surface area contributed by atoms with E-state index in [0.717, 1.165) is 5.69 Å². The highest BCUT2D eigenvalue weighted by molar-refractivity contribution is 5.96. The molecule has 0 saturated carbocycles. The lowest BCUT2D eigenvalue weighted by Gasteiger charge is -2.14. The number of amides is 1. The summed E-state index contributed by atoms with van der Waals surface area (Å²) in [6, 6.07) is 15.6. The van der Waals surface area contributed by atoms with Gasteiger partial charge in [0.15, 0.2) is 0 Å². The third kappa shape index (κ3) is 4.03. The SMILES string of the molecule is Cc1ccc(NC(=O)C(C)Nc2ccn(-c3ccccc3)n2)cc1F. The van der Waals surface area contributed by atoms with Crippen LogP contribution >= 0.6 is 0 Å². The Kier molecular flexibility index (Phi) is 4.79. The predicted octanol–water partition coefficient (Wildman–Crippen LogP) is 3.76. The quantitative estimate of drug-likeness (QED) is 0.745. The van der Waals surface area contributed by atoms with E-state index in [4.69, 9.17) is 0 Å². The third-order valence-corrected chi connectivity index (χ3v) is 3.81. The van der Waals surface area contributed by atoms with Gasteiger partial charge in [0.05, 0.1) is 5.69 Å². The number of aromatic nitrogens is 2. The second-order valence-corrected chi connectivity index (χ2v) is 5.80. The van der Waals surface area contributed by atoms with E-state index in [1.54, 1.807) is 36.7 Å². The Balaban J connectivity index is 1.63. The summed E-state index contributed by atoms with van der Waals surface area (Å²) in [5, 5.41) is 10.1. The van der Waals surface area contributed by atoms with E-state index in [2.05, 4.69) is 15.7 Å². The van der Waals surface area contributed by atoms with Gasteiger partial charge >= 0.3 is 0 Å². The lowest BCUT2D eigenvalue weighted by atomic mass is 10.2. The molecule has 0 spiro atoms. The van der Waals surface area contributed by atoms with Crippen molar-refractivity contribution >= 4 is 17.4 Å². The van der Waals surface area contributed by atoms with E-state index in [0.29, 0.717) is 17.1 Å². The number of hydrogen-bond acceptors (Lipinski definition) is 3. The Morgan fingerprint density at radius 3 is 2.64 bits per heavy atom. The standard InChI is InChI=1S/C19H19FN4O/c1-13-8-9-15(12-17(13)20)22-19(25)14(2)21-18-10-11-24(23-18)16-6-4-3-5-7-16/h3-12,14H,1-2H3,(H,21,23)(H,22,25). The van der Waals surface area contributed by atoms with Crippen LogP contribution in [-0.4, -0.2) is 21.7 Å². The van der Waals surface area contributed by atoms with Gasteiger partial charge in [-0.15, -0.1) is 0 Å². The van der Waals surface area contributed by atoms with Crippen LogP contribution in [0.25, 0.3) is 5.69 Å². The van der Waals surface area contributed by atoms with E-state index < -0.39 is 6.04 Å². The molecule has 1 atom stereocenters. The molecule has 5 nitrogen and oxygen atoms in total. The van der Waals surface area contributed by atoms with Crippen molar-refractivity contribution < 1.29 is 9.18 Å². The van der Waals surface area contributed by atoms with E-state index in [9.17, 15) is 9.18 Å². The highest BCUT2D eigenvalue weighted by atomic mass is 19.1. The Hall–Kier alpha value is -3.15. The van der Waals surface area contributed by atoms with Crippen molar-refractivity contribution in [2.45, 2.75) is 19.9 Å². The van der Waals surface area contributed by atoms with Gasteiger partial charge in [-0.3, -0.25) is 4.79 Å². The fraction of sp³-hybridized carbons (Fsp3) is 0.158. The van der Waals surface area contributed by atoms with Crippen LogP contribution in [0.1, 0.15) is 12.5 Å². The first-order chi connectivity index (χ1) is 12.0. The number of nitrogens with one attached hydrogen (secondary N) is 2. The normalized spacial score (nSPS) is 11.8. The highest BCUT2D eigenvalue weighted by Gasteiger charge is 2.14. The van der Waals surface area contributed by atoms with E-state index in [1.807, 2.05) is 36.5 Å². The fourth-order valence-electron chi connectivity index (χ4n) is 2.33. The summed E-state index contributed by atoms with van der Waals surface area (Å²) in [5.74, 6) is -0.0286. The molecule has 6 heteroatoms. The van der Waals surface area contributed by atoms with Crippen molar-refractivity contribution in [2.75, 3.05) is 10.6 Å². The zero-order valence-electron chi connectivity index (χ0n) is 14.0. The molecule has 0 aliphatic rings. The van der Waals surface area contributed by atoms with Gasteiger partial charge in [-0.05, 0) is 43.7 Å². The number of nitrogens with zero attached hydrogens (tertiary/aromatic N) is 2. The summed E-state index contributed by atoms with van der Waals surface area (Å²) in [4.78, 5) is 12.3.